The maximum Gasteiger partial charge on any atom is 0.260 e. The molecule has 0 saturated carbocycles. The maximum absolute atomic E-state index is 13.0. The third-order valence-electron chi connectivity index (χ3n) is 3.10. The SMILES string of the molecule is CS(=O)(=O)N(CC(=O)N/N=C\c1ccccc1Cl)c1ccc(F)cc1. The minimum atomic E-state index is -3.73. The first-order valence-electron chi connectivity index (χ1n) is 7.07. The standard InChI is InChI=1S/C16H15ClFN3O3S/c1-25(23,24)21(14-8-6-13(18)7-9-14)11-16(22)20-19-10-12-4-2-3-5-15(12)17/h2-10H,11H2,1H3,(H,20,22)/b19-10-. The fourth-order valence-corrected chi connectivity index (χ4v) is 2.97. The smallest absolute Gasteiger partial charge is 0.260 e. The summed E-state index contributed by atoms with van der Waals surface area (Å²) in [6, 6.07) is 11.7. The van der Waals surface area contributed by atoms with Crippen molar-refractivity contribution in [2.24, 2.45) is 5.10 Å². The Balaban J connectivity index is 2.07. The number of carbonyl (C=O) groups is 1. The number of hydrogen-bond acceptors (Lipinski definition) is 4. The van der Waals surface area contributed by atoms with Crippen molar-refractivity contribution < 1.29 is 17.6 Å². The number of hydrazone groups is 1. The number of nitrogens with zero attached hydrogens (tertiary/aromatic N) is 2. The van der Waals surface area contributed by atoms with Gasteiger partial charge in [-0.05, 0) is 30.3 Å². The summed E-state index contributed by atoms with van der Waals surface area (Å²) >= 11 is 5.95. The Morgan fingerprint density at radius 3 is 2.48 bits per heavy atom. The molecule has 2 rings (SSSR count). The lowest BCUT2D eigenvalue weighted by Crippen LogP contribution is -2.39. The fourth-order valence-electron chi connectivity index (χ4n) is 1.93. The van der Waals surface area contributed by atoms with Crippen LogP contribution in [0.4, 0.5) is 10.1 Å². The molecule has 9 heteroatoms. The maximum atomic E-state index is 13.0. The summed E-state index contributed by atoms with van der Waals surface area (Å²) in [5, 5.41) is 4.22. The third kappa shape index (κ3) is 5.54. The van der Waals surface area contributed by atoms with Gasteiger partial charge < -0.3 is 0 Å². The van der Waals surface area contributed by atoms with Crippen molar-refractivity contribution in [2.45, 2.75) is 0 Å². The molecule has 0 aliphatic carbocycles. The zero-order valence-corrected chi connectivity index (χ0v) is 14.8. The summed E-state index contributed by atoms with van der Waals surface area (Å²) in [7, 11) is -3.73. The molecule has 0 atom stereocenters. The molecule has 0 heterocycles. The van der Waals surface area contributed by atoms with Crippen molar-refractivity contribution in [2.75, 3.05) is 17.1 Å². The number of carbonyl (C=O) groups excluding carboxylic acids is 1. The van der Waals surface area contributed by atoms with Crippen LogP contribution in [0.1, 0.15) is 5.56 Å². The second-order valence-corrected chi connectivity index (χ2v) is 7.37. The molecule has 0 bridgehead atoms. The number of hydrogen-bond donors (Lipinski definition) is 1. The van der Waals surface area contributed by atoms with Crippen molar-refractivity contribution in [3.63, 3.8) is 0 Å². The minimum absolute atomic E-state index is 0.175. The van der Waals surface area contributed by atoms with Crippen LogP contribution in [-0.4, -0.2) is 33.3 Å². The van der Waals surface area contributed by atoms with Gasteiger partial charge in [0.2, 0.25) is 10.0 Å². The molecule has 0 unspecified atom stereocenters. The molecule has 0 aromatic heterocycles. The van der Waals surface area contributed by atoms with Gasteiger partial charge in [0.05, 0.1) is 18.2 Å². The summed E-state index contributed by atoms with van der Waals surface area (Å²) in [5.74, 6) is -1.16. The molecule has 132 valence electrons. The molecule has 1 amide bonds. The molecule has 0 saturated heterocycles. The summed E-state index contributed by atoms with van der Waals surface area (Å²) in [4.78, 5) is 12.0. The minimum Gasteiger partial charge on any atom is -0.271 e. The molecule has 0 radical (unpaired) electrons. The zero-order chi connectivity index (χ0) is 18.4. The average Bonchev–Trinajstić information content (AvgIpc) is 2.54. The molecule has 1 N–H and O–H groups in total. The number of amides is 1. The predicted molar refractivity (Wildman–Crippen MR) is 95.8 cm³/mol. The van der Waals surface area contributed by atoms with Crippen LogP contribution in [-0.2, 0) is 14.8 Å². The molecular formula is C16H15ClFN3O3S. The monoisotopic (exact) mass is 383 g/mol. The first-order chi connectivity index (χ1) is 11.8. The molecule has 6 nitrogen and oxygen atoms in total. The normalized spacial score (nSPS) is 11.5. The van der Waals surface area contributed by atoms with Crippen LogP contribution in [0.5, 0.6) is 0 Å². The molecule has 0 spiro atoms. The van der Waals surface area contributed by atoms with E-state index in [0.717, 1.165) is 22.7 Å². The fraction of sp³-hybridized carbons (Fsp3) is 0.125. The first-order valence-corrected chi connectivity index (χ1v) is 9.30. The molecule has 0 aliphatic heterocycles. The lowest BCUT2D eigenvalue weighted by atomic mass is 10.2. The second-order valence-electron chi connectivity index (χ2n) is 5.06. The number of sulfonamides is 1. The Labute approximate surface area is 150 Å². The van der Waals surface area contributed by atoms with Gasteiger partial charge in [-0.2, -0.15) is 5.10 Å². The number of rotatable bonds is 6. The van der Waals surface area contributed by atoms with E-state index in [0.29, 0.717) is 10.6 Å². The quantitative estimate of drug-likeness (QED) is 0.614. The van der Waals surface area contributed by atoms with E-state index in [1.54, 1.807) is 24.3 Å². The molecule has 2 aromatic carbocycles. The van der Waals surface area contributed by atoms with Crippen molar-refractivity contribution in [3.8, 4) is 0 Å². The summed E-state index contributed by atoms with van der Waals surface area (Å²) < 4.78 is 37.6. The molecular weight excluding hydrogens is 369 g/mol. The number of anilines is 1. The summed E-state index contributed by atoms with van der Waals surface area (Å²) in [5.41, 5.74) is 3.01. The molecule has 0 aliphatic rings. The Kier molecular flexibility index (Phi) is 6.11. The van der Waals surface area contributed by atoms with Gasteiger partial charge in [0, 0.05) is 10.6 Å². The molecule has 2 aromatic rings. The highest BCUT2D eigenvalue weighted by atomic mass is 35.5. The zero-order valence-electron chi connectivity index (χ0n) is 13.2. The highest BCUT2D eigenvalue weighted by molar-refractivity contribution is 7.92. The van der Waals surface area contributed by atoms with Crippen LogP contribution in [0.15, 0.2) is 53.6 Å². The Morgan fingerprint density at radius 2 is 1.88 bits per heavy atom. The highest BCUT2D eigenvalue weighted by Gasteiger charge is 2.20. The van der Waals surface area contributed by atoms with E-state index in [1.165, 1.54) is 18.3 Å². The van der Waals surface area contributed by atoms with Crippen LogP contribution in [0, 0.1) is 5.82 Å². The largest absolute Gasteiger partial charge is 0.271 e. The van der Waals surface area contributed by atoms with E-state index in [9.17, 15) is 17.6 Å². The van der Waals surface area contributed by atoms with Crippen molar-refractivity contribution >= 4 is 39.4 Å². The van der Waals surface area contributed by atoms with Crippen LogP contribution in [0.3, 0.4) is 0 Å². The van der Waals surface area contributed by atoms with Crippen LogP contribution in [0.2, 0.25) is 5.02 Å². The van der Waals surface area contributed by atoms with Gasteiger partial charge >= 0.3 is 0 Å². The van der Waals surface area contributed by atoms with Gasteiger partial charge in [-0.15, -0.1) is 0 Å². The summed E-state index contributed by atoms with van der Waals surface area (Å²) in [6.45, 7) is -0.496. The van der Waals surface area contributed by atoms with E-state index >= 15 is 0 Å². The van der Waals surface area contributed by atoms with Crippen molar-refractivity contribution in [3.05, 3.63) is 64.9 Å². The van der Waals surface area contributed by atoms with Crippen LogP contribution < -0.4 is 9.73 Å². The topological polar surface area (TPSA) is 78.8 Å². The third-order valence-corrected chi connectivity index (χ3v) is 4.59. The van der Waals surface area contributed by atoms with Gasteiger partial charge in [0.25, 0.3) is 5.91 Å². The van der Waals surface area contributed by atoms with E-state index < -0.39 is 28.3 Å². The van der Waals surface area contributed by atoms with Crippen LogP contribution >= 0.6 is 11.6 Å². The number of halogens is 2. The van der Waals surface area contributed by atoms with Gasteiger partial charge in [-0.3, -0.25) is 9.10 Å². The number of nitrogens with one attached hydrogen (secondary N) is 1. The molecule has 25 heavy (non-hydrogen) atoms. The summed E-state index contributed by atoms with van der Waals surface area (Å²) in [6.07, 6.45) is 2.31. The second kappa shape index (κ2) is 8.09. The average molecular weight is 384 g/mol. The van der Waals surface area contributed by atoms with Crippen molar-refractivity contribution in [1.82, 2.24) is 5.43 Å². The van der Waals surface area contributed by atoms with E-state index in [1.807, 2.05) is 0 Å². The highest BCUT2D eigenvalue weighted by Crippen LogP contribution is 2.17. The van der Waals surface area contributed by atoms with Gasteiger partial charge in [0.1, 0.15) is 12.4 Å². The lowest BCUT2D eigenvalue weighted by Gasteiger charge is -2.21. The molecule has 0 fully saturated rings. The Morgan fingerprint density at radius 1 is 1.24 bits per heavy atom. The van der Waals surface area contributed by atoms with Crippen LogP contribution in [0.25, 0.3) is 0 Å². The Hall–Kier alpha value is -2.45. The predicted octanol–water partition coefficient (Wildman–Crippen LogP) is 2.40. The van der Waals surface area contributed by atoms with Gasteiger partial charge in [-0.25, -0.2) is 18.2 Å². The van der Waals surface area contributed by atoms with E-state index in [-0.39, 0.29) is 5.69 Å². The van der Waals surface area contributed by atoms with Gasteiger partial charge in [-0.1, -0.05) is 29.8 Å². The first kappa shape index (κ1) is 18.9. The van der Waals surface area contributed by atoms with E-state index in [2.05, 4.69) is 10.5 Å². The van der Waals surface area contributed by atoms with E-state index in [4.69, 9.17) is 11.6 Å². The van der Waals surface area contributed by atoms with Crippen molar-refractivity contribution in [1.29, 1.82) is 0 Å². The number of benzene rings is 2. The lowest BCUT2D eigenvalue weighted by molar-refractivity contribution is -0.119. The Bertz CT molecular complexity index is 886. The van der Waals surface area contributed by atoms with Gasteiger partial charge in [0.15, 0.2) is 0 Å².